The van der Waals surface area contributed by atoms with Crippen molar-refractivity contribution in [1.29, 1.82) is 0 Å². The normalized spacial score (nSPS) is 23.5. The number of hydrogen-bond acceptors (Lipinski definition) is 2. The zero-order chi connectivity index (χ0) is 15.1. The maximum atomic E-state index is 12.2. The Morgan fingerprint density at radius 1 is 1.24 bits per heavy atom. The first kappa shape index (κ1) is 16.4. The zero-order valence-electron chi connectivity index (χ0n) is 12.9. The average Bonchev–Trinajstić information content (AvgIpc) is 2.50. The van der Waals surface area contributed by atoms with Gasteiger partial charge < -0.3 is 5.32 Å². The van der Waals surface area contributed by atoms with E-state index in [2.05, 4.69) is 24.9 Å². The third-order valence-electron chi connectivity index (χ3n) is 4.46. The molecule has 21 heavy (non-hydrogen) atoms. The number of amides is 1. The maximum Gasteiger partial charge on any atom is 0.233 e. The van der Waals surface area contributed by atoms with E-state index in [1.807, 2.05) is 30.3 Å². The van der Waals surface area contributed by atoms with Gasteiger partial charge in [0.2, 0.25) is 5.91 Å². The van der Waals surface area contributed by atoms with Gasteiger partial charge >= 0.3 is 0 Å². The second kappa shape index (κ2) is 8.47. The van der Waals surface area contributed by atoms with Crippen molar-refractivity contribution in [3.8, 4) is 0 Å². The van der Waals surface area contributed by atoms with Crippen molar-refractivity contribution in [2.75, 3.05) is 0 Å². The van der Waals surface area contributed by atoms with Crippen molar-refractivity contribution in [3.63, 3.8) is 0 Å². The van der Waals surface area contributed by atoms with Crippen LogP contribution in [0.2, 0.25) is 0 Å². The molecule has 1 N–H and O–H groups in total. The molecule has 1 aromatic rings. The summed E-state index contributed by atoms with van der Waals surface area (Å²) in [5.41, 5.74) is 1.17. The Hall–Kier alpha value is -0.960. The van der Waals surface area contributed by atoms with Gasteiger partial charge in [-0.05, 0) is 43.6 Å². The summed E-state index contributed by atoms with van der Waals surface area (Å²) in [5, 5.41) is 2.94. The van der Waals surface area contributed by atoms with Crippen LogP contribution < -0.4 is 5.32 Å². The third kappa shape index (κ3) is 5.39. The van der Waals surface area contributed by atoms with Crippen molar-refractivity contribution in [3.05, 3.63) is 35.9 Å². The predicted octanol–water partition coefficient (Wildman–Crippen LogP) is 4.00. The van der Waals surface area contributed by atoms with E-state index in [0.29, 0.717) is 12.5 Å². The molecule has 1 fully saturated rings. The van der Waals surface area contributed by atoms with E-state index >= 15 is 0 Å². The van der Waals surface area contributed by atoms with Crippen molar-refractivity contribution >= 4 is 18.5 Å². The van der Waals surface area contributed by atoms with E-state index in [9.17, 15) is 4.79 Å². The number of carbonyl (C=O) groups is 1. The molecule has 1 atom stereocenters. The number of carbonyl (C=O) groups excluding carboxylic acids is 1. The second-order valence-electron chi connectivity index (χ2n) is 6.22. The molecule has 0 saturated heterocycles. The van der Waals surface area contributed by atoms with Gasteiger partial charge in [-0.1, -0.05) is 50.1 Å². The van der Waals surface area contributed by atoms with Crippen LogP contribution in [0.25, 0.3) is 0 Å². The van der Waals surface area contributed by atoms with Gasteiger partial charge in [0.15, 0.2) is 0 Å². The first-order valence-electron chi connectivity index (χ1n) is 8.21. The van der Waals surface area contributed by atoms with Gasteiger partial charge in [-0.3, -0.25) is 4.79 Å². The van der Waals surface area contributed by atoms with E-state index in [0.717, 1.165) is 18.8 Å². The molecule has 1 unspecified atom stereocenters. The molecule has 0 radical (unpaired) electrons. The van der Waals surface area contributed by atoms with Gasteiger partial charge in [0.05, 0.1) is 5.25 Å². The van der Waals surface area contributed by atoms with Crippen LogP contribution in [0, 0.1) is 5.92 Å². The first-order chi connectivity index (χ1) is 10.2. The van der Waals surface area contributed by atoms with Crippen LogP contribution in [-0.4, -0.2) is 17.2 Å². The largest absolute Gasteiger partial charge is 0.352 e. The zero-order valence-corrected chi connectivity index (χ0v) is 13.8. The van der Waals surface area contributed by atoms with Gasteiger partial charge in [-0.15, -0.1) is 0 Å². The second-order valence-corrected chi connectivity index (χ2v) is 6.84. The molecule has 0 spiro atoms. The Kier molecular flexibility index (Phi) is 6.62. The molecule has 0 bridgehead atoms. The molecule has 1 amide bonds. The first-order valence-corrected chi connectivity index (χ1v) is 8.73. The quantitative estimate of drug-likeness (QED) is 0.764. The monoisotopic (exact) mass is 305 g/mol. The summed E-state index contributed by atoms with van der Waals surface area (Å²) in [6, 6.07) is 10.5. The molecule has 0 aliphatic heterocycles. The van der Waals surface area contributed by atoms with Crippen LogP contribution in [-0.2, 0) is 11.2 Å². The standard InChI is InChI=1S/C18H27NOS/c1-2-6-14-9-11-16(12-10-14)19-18(20)17(21)13-15-7-4-3-5-8-15/h3-5,7-8,14,16-17,21H,2,6,9-13H2,1H3,(H,19,20). The number of benzene rings is 1. The summed E-state index contributed by atoms with van der Waals surface area (Å²) in [5.74, 6) is 0.959. The molecular formula is C18H27NOS. The van der Waals surface area contributed by atoms with Gasteiger partial charge in [-0.25, -0.2) is 0 Å². The maximum absolute atomic E-state index is 12.2. The topological polar surface area (TPSA) is 29.1 Å². The Morgan fingerprint density at radius 2 is 1.90 bits per heavy atom. The summed E-state index contributed by atoms with van der Waals surface area (Å²) in [4.78, 5) is 12.2. The smallest absolute Gasteiger partial charge is 0.233 e. The highest BCUT2D eigenvalue weighted by molar-refractivity contribution is 7.81. The Bertz CT molecular complexity index is 426. The molecule has 3 heteroatoms. The molecular weight excluding hydrogens is 278 g/mol. The Balaban J connectivity index is 1.74. The minimum absolute atomic E-state index is 0.0844. The third-order valence-corrected chi connectivity index (χ3v) is 4.88. The van der Waals surface area contributed by atoms with Gasteiger partial charge in [0, 0.05) is 6.04 Å². The van der Waals surface area contributed by atoms with Crippen LogP contribution in [0.1, 0.15) is 51.0 Å². The summed E-state index contributed by atoms with van der Waals surface area (Å²) < 4.78 is 0. The van der Waals surface area contributed by atoms with Crippen LogP contribution in [0.4, 0.5) is 0 Å². The van der Waals surface area contributed by atoms with Gasteiger partial charge in [0.1, 0.15) is 0 Å². The van der Waals surface area contributed by atoms with Crippen molar-refractivity contribution in [2.24, 2.45) is 5.92 Å². The lowest BCUT2D eigenvalue weighted by atomic mass is 9.83. The van der Waals surface area contributed by atoms with Gasteiger partial charge in [0.25, 0.3) is 0 Å². The summed E-state index contributed by atoms with van der Waals surface area (Å²) in [7, 11) is 0. The lowest BCUT2D eigenvalue weighted by molar-refractivity contribution is -0.121. The SMILES string of the molecule is CCCC1CCC(NC(=O)C(S)Cc2ccccc2)CC1. The number of rotatable bonds is 6. The fraction of sp³-hybridized carbons (Fsp3) is 0.611. The highest BCUT2D eigenvalue weighted by Crippen LogP contribution is 2.27. The Morgan fingerprint density at radius 3 is 2.52 bits per heavy atom. The molecule has 1 aliphatic carbocycles. The van der Waals surface area contributed by atoms with E-state index in [4.69, 9.17) is 0 Å². The molecule has 1 saturated carbocycles. The highest BCUT2D eigenvalue weighted by Gasteiger charge is 2.23. The fourth-order valence-corrected chi connectivity index (χ4v) is 3.52. The summed E-state index contributed by atoms with van der Waals surface area (Å²) >= 11 is 4.48. The van der Waals surface area contributed by atoms with E-state index < -0.39 is 0 Å². The number of thiol groups is 1. The number of nitrogens with one attached hydrogen (secondary N) is 1. The molecule has 0 heterocycles. The highest BCUT2D eigenvalue weighted by atomic mass is 32.1. The van der Waals surface area contributed by atoms with Crippen molar-refractivity contribution < 1.29 is 4.79 Å². The van der Waals surface area contributed by atoms with E-state index in [1.165, 1.54) is 31.2 Å². The molecule has 2 nitrogen and oxygen atoms in total. The van der Waals surface area contributed by atoms with Crippen LogP contribution in [0.15, 0.2) is 30.3 Å². The van der Waals surface area contributed by atoms with E-state index in [1.54, 1.807) is 0 Å². The summed E-state index contributed by atoms with van der Waals surface area (Å²) in [6.07, 6.45) is 8.08. The molecule has 1 aliphatic rings. The van der Waals surface area contributed by atoms with Gasteiger partial charge in [-0.2, -0.15) is 12.6 Å². The van der Waals surface area contributed by atoms with Crippen molar-refractivity contribution in [2.45, 2.75) is 63.2 Å². The molecule has 116 valence electrons. The van der Waals surface area contributed by atoms with Crippen LogP contribution in [0.3, 0.4) is 0 Å². The lowest BCUT2D eigenvalue weighted by Crippen LogP contribution is -2.42. The van der Waals surface area contributed by atoms with Crippen LogP contribution >= 0.6 is 12.6 Å². The van der Waals surface area contributed by atoms with Crippen molar-refractivity contribution in [1.82, 2.24) is 5.32 Å². The van der Waals surface area contributed by atoms with Crippen LogP contribution in [0.5, 0.6) is 0 Å². The molecule has 2 rings (SSSR count). The lowest BCUT2D eigenvalue weighted by Gasteiger charge is -2.29. The fourth-order valence-electron chi connectivity index (χ4n) is 3.23. The average molecular weight is 305 g/mol. The predicted molar refractivity (Wildman–Crippen MR) is 91.7 cm³/mol. The van der Waals surface area contributed by atoms with E-state index in [-0.39, 0.29) is 11.2 Å². The minimum atomic E-state index is -0.249. The number of hydrogen-bond donors (Lipinski definition) is 2. The summed E-state index contributed by atoms with van der Waals surface area (Å²) in [6.45, 7) is 2.25. The molecule has 1 aromatic carbocycles. The Labute approximate surface area is 134 Å². The molecule has 0 aromatic heterocycles. The minimum Gasteiger partial charge on any atom is -0.352 e.